The van der Waals surface area contributed by atoms with Crippen molar-refractivity contribution in [3.8, 4) is 5.75 Å². The van der Waals surface area contributed by atoms with Gasteiger partial charge < -0.3 is 21.1 Å². The second-order valence-electron chi connectivity index (χ2n) is 5.18. The van der Waals surface area contributed by atoms with Gasteiger partial charge in [0.1, 0.15) is 5.75 Å². The molecule has 1 aromatic carbocycles. The van der Waals surface area contributed by atoms with Crippen LogP contribution in [-0.4, -0.2) is 37.5 Å². The Morgan fingerprint density at radius 1 is 1.38 bits per heavy atom. The van der Waals surface area contributed by atoms with Crippen LogP contribution in [0.3, 0.4) is 0 Å². The van der Waals surface area contributed by atoms with Gasteiger partial charge in [-0.1, -0.05) is 18.2 Å². The first-order chi connectivity index (χ1) is 9.97. The summed E-state index contributed by atoms with van der Waals surface area (Å²) in [6.07, 6.45) is 2.28. The van der Waals surface area contributed by atoms with Gasteiger partial charge in [0, 0.05) is 29.7 Å². The molecular formula is C15H20N4O2. The highest BCUT2D eigenvalue weighted by Gasteiger charge is 2.17. The van der Waals surface area contributed by atoms with Crippen LogP contribution in [-0.2, 0) is 11.3 Å². The maximum atomic E-state index is 12.0. The molecule has 0 aliphatic carbocycles. The van der Waals surface area contributed by atoms with E-state index in [1.54, 1.807) is 6.08 Å². The average molecular weight is 288 g/mol. The summed E-state index contributed by atoms with van der Waals surface area (Å²) in [4.78, 5) is 17.6. The highest BCUT2D eigenvalue weighted by molar-refractivity contribution is 6.04. The Morgan fingerprint density at radius 2 is 2.14 bits per heavy atom. The molecule has 0 atom stereocenters. The smallest absolute Gasteiger partial charge is 0.276 e. The fourth-order valence-electron chi connectivity index (χ4n) is 2.24. The summed E-state index contributed by atoms with van der Waals surface area (Å²) in [5.74, 6) is 0.177. The lowest BCUT2D eigenvalue weighted by molar-refractivity contribution is -0.114. The first-order valence-corrected chi connectivity index (χ1v) is 6.71. The number of hydrogen-bond acceptors (Lipinski definition) is 3. The van der Waals surface area contributed by atoms with Gasteiger partial charge in [-0.2, -0.15) is 4.99 Å². The quantitative estimate of drug-likeness (QED) is 0.631. The number of fused-ring (bicyclic) bond motifs is 1. The number of nitrogens with two attached hydrogens (primary N) is 2. The summed E-state index contributed by atoms with van der Waals surface area (Å²) >= 11 is 0. The number of benzene rings is 1. The number of hydrogen-bond donors (Lipinski definition) is 2. The summed E-state index contributed by atoms with van der Waals surface area (Å²) < 4.78 is 5.82. The van der Waals surface area contributed by atoms with Gasteiger partial charge in [-0.3, -0.25) is 4.79 Å². The molecule has 2 rings (SSSR count). The van der Waals surface area contributed by atoms with Crippen molar-refractivity contribution in [2.75, 3.05) is 20.7 Å². The van der Waals surface area contributed by atoms with Crippen molar-refractivity contribution in [3.63, 3.8) is 0 Å². The Balaban J connectivity index is 2.38. The van der Waals surface area contributed by atoms with Crippen LogP contribution in [0.15, 0.2) is 28.8 Å². The fourth-order valence-corrected chi connectivity index (χ4v) is 2.24. The third kappa shape index (κ3) is 3.82. The molecule has 1 amide bonds. The van der Waals surface area contributed by atoms with Gasteiger partial charge in [-0.25, -0.2) is 0 Å². The number of nitrogens with zero attached hydrogens (tertiary/aromatic N) is 2. The molecule has 0 spiro atoms. The minimum atomic E-state index is -0.413. The van der Waals surface area contributed by atoms with Crippen molar-refractivity contribution in [1.29, 1.82) is 0 Å². The van der Waals surface area contributed by atoms with Crippen LogP contribution in [0.2, 0.25) is 0 Å². The van der Waals surface area contributed by atoms with Crippen LogP contribution >= 0.6 is 0 Å². The van der Waals surface area contributed by atoms with Gasteiger partial charge in [-0.05, 0) is 20.2 Å². The molecule has 1 aromatic rings. The lowest BCUT2D eigenvalue weighted by Crippen LogP contribution is -2.24. The Bertz CT molecular complexity index is 602. The number of aliphatic imine (C=N–C) groups is 1. The van der Waals surface area contributed by atoms with Crippen molar-refractivity contribution in [2.45, 2.75) is 13.0 Å². The molecule has 0 saturated heterocycles. The number of para-hydroxylation sites is 1. The monoisotopic (exact) mass is 288 g/mol. The van der Waals surface area contributed by atoms with E-state index >= 15 is 0 Å². The van der Waals surface area contributed by atoms with Crippen LogP contribution in [0.4, 0.5) is 0 Å². The summed E-state index contributed by atoms with van der Waals surface area (Å²) in [6.45, 7) is 1.20. The summed E-state index contributed by atoms with van der Waals surface area (Å²) in [6, 6.07) is 5.89. The summed E-state index contributed by atoms with van der Waals surface area (Å²) in [7, 11) is 4.00. The topological polar surface area (TPSA) is 93.9 Å². The highest BCUT2D eigenvalue weighted by atomic mass is 16.5. The fraction of sp³-hybridized carbons (Fsp3) is 0.333. The number of carbonyl (C=O) groups excluding carboxylic acids is 1. The molecule has 1 aliphatic heterocycles. The Hall–Kier alpha value is -2.34. The standard InChI is InChI=1S/C15H20N4O2/c1-19(2)9-12-5-3-4-10-8-11(6-7-21-13(10)12)14(20)18-15(16)17/h3-5,8H,6-7,9H2,1-2H3,(H4,16,17,18,20). The Kier molecular flexibility index (Phi) is 4.59. The average Bonchev–Trinajstić information content (AvgIpc) is 2.60. The lowest BCUT2D eigenvalue weighted by Gasteiger charge is -2.15. The largest absolute Gasteiger partial charge is 0.492 e. The molecule has 112 valence electrons. The Morgan fingerprint density at radius 3 is 2.81 bits per heavy atom. The van der Waals surface area contributed by atoms with Crippen LogP contribution in [0.25, 0.3) is 6.08 Å². The molecule has 0 bridgehead atoms. The van der Waals surface area contributed by atoms with Crippen LogP contribution in [0.1, 0.15) is 17.5 Å². The highest BCUT2D eigenvalue weighted by Crippen LogP contribution is 2.30. The van der Waals surface area contributed by atoms with Crippen LogP contribution in [0.5, 0.6) is 5.75 Å². The molecule has 0 fully saturated rings. The predicted octanol–water partition coefficient (Wildman–Crippen LogP) is 0.714. The third-order valence-electron chi connectivity index (χ3n) is 3.07. The molecule has 1 heterocycles. The number of amides is 1. The zero-order valence-corrected chi connectivity index (χ0v) is 12.3. The van der Waals surface area contributed by atoms with E-state index in [-0.39, 0.29) is 5.96 Å². The maximum Gasteiger partial charge on any atom is 0.276 e. The molecule has 6 nitrogen and oxygen atoms in total. The van der Waals surface area contributed by atoms with E-state index in [9.17, 15) is 4.79 Å². The molecule has 21 heavy (non-hydrogen) atoms. The van der Waals surface area contributed by atoms with Crippen molar-refractivity contribution in [1.82, 2.24) is 4.90 Å². The lowest BCUT2D eigenvalue weighted by atomic mass is 10.0. The number of ether oxygens (including phenoxy) is 1. The molecule has 1 aliphatic rings. The number of rotatable bonds is 3. The molecule has 0 radical (unpaired) electrons. The first kappa shape index (κ1) is 15.1. The number of carbonyl (C=O) groups is 1. The van der Waals surface area contributed by atoms with Gasteiger partial charge in [0.25, 0.3) is 5.91 Å². The van der Waals surface area contributed by atoms with Crippen LogP contribution in [0, 0.1) is 0 Å². The van der Waals surface area contributed by atoms with E-state index in [2.05, 4.69) is 9.89 Å². The second-order valence-corrected chi connectivity index (χ2v) is 5.18. The SMILES string of the molecule is CN(C)Cc1cccc2c1OCCC(C(=O)N=C(N)N)=C2. The van der Waals surface area contributed by atoms with Gasteiger partial charge in [-0.15, -0.1) is 0 Å². The molecular weight excluding hydrogens is 268 g/mol. The normalized spacial score (nSPS) is 13.8. The maximum absolute atomic E-state index is 12.0. The van der Waals surface area contributed by atoms with Gasteiger partial charge >= 0.3 is 0 Å². The second kappa shape index (κ2) is 6.41. The van der Waals surface area contributed by atoms with E-state index in [4.69, 9.17) is 16.2 Å². The van der Waals surface area contributed by atoms with Gasteiger partial charge in [0.05, 0.1) is 6.61 Å². The van der Waals surface area contributed by atoms with Crippen molar-refractivity contribution < 1.29 is 9.53 Å². The zero-order valence-electron chi connectivity index (χ0n) is 12.3. The summed E-state index contributed by atoms with van der Waals surface area (Å²) in [5.41, 5.74) is 13.0. The van der Waals surface area contributed by atoms with Gasteiger partial charge in [0.15, 0.2) is 5.96 Å². The predicted molar refractivity (Wildman–Crippen MR) is 82.7 cm³/mol. The van der Waals surface area contributed by atoms with Crippen LogP contribution < -0.4 is 16.2 Å². The van der Waals surface area contributed by atoms with Crippen molar-refractivity contribution >= 4 is 17.9 Å². The summed E-state index contributed by atoms with van der Waals surface area (Å²) in [5, 5.41) is 0. The van der Waals surface area contributed by atoms with Gasteiger partial charge in [0.2, 0.25) is 0 Å². The van der Waals surface area contributed by atoms with Crippen molar-refractivity contribution in [2.24, 2.45) is 16.5 Å². The molecule has 0 unspecified atom stereocenters. The van der Waals surface area contributed by atoms with E-state index in [1.807, 2.05) is 32.3 Å². The third-order valence-corrected chi connectivity index (χ3v) is 3.07. The van der Waals surface area contributed by atoms with E-state index < -0.39 is 5.91 Å². The number of guanidine groups is 1. The van der Waals surface area contributed by atoms with Crippen molar-refractivity contribution in [3.05, 3.63) is 34.9 Å². The Labute approximate surface area is 124 Å². The zero-order chi connectivity index (χ0) is 15.4. The molecule has 0 saturated carbocycles. The molecule has 0 aromatic heterocycles. The first-order valence-electron chi connectivity index (χ1n) is 6.71. The minimum absolute atomic E-state index is 0.229. The van der Waals surface area contributed by atoms with E-state index in [1.165, 1.54) is 0 Å². The molecule has 4 N–H and O–H groups in total. The van der Waals surface area contributed by atoms with E-state index in [0.29, 0.717) is 18.6 Å². The van der Waals surface area contributed by atoms with E-state index in [0.717, 1.165) is 23.4 Å². The minimum Gasteiger partial charge on any atom is -0.492 e. The molecule has 6 heteroatoms.